The van der Waals surface area contributed by atoms with Gasteiger partial charge in [-0.3, -0.25) is 0 Å². The van der Waals surface area contributed by atoms with Crippen LogP contribution in [0.4, 0.5) is 0 Å². The molecule has 0 amide bonds. The average molecular weight is 226 g/mol. The number of rotatable bonds is 7. The van der Waals surface area contributed by atoms with Crippen molar-refractivity contribution in [1.82, 2.24) is 0 Å². The minimum atomic E-state index is -0.628. The first-order valence-corrected chi connectivity index (χ1v) is 6.54. The first-order valence-electron chi connectivity index (χ1n) is 5.26. The van der Waals surface area contributed by atoms with E-state index in [1.165, 1.54) is 5.19 Å². The molecular weight excluding hydrogens is 208 g/mol. The molecule has 15 heavy (non-hydrogen) atoms. The van der Waals surface area contributed by atoms with Crippen molar-refractivity contribution < 1.29 is 14.3 Å². The number of phenolic OH excluding ortho intramolecular Hbond substituents is 1. The van der Waals surface area contributed by atoms with Crippen molar-refractivity contribution in [3.8, 4) is 5.75 Å². The molecule has 84 valence electrons. The number of aromatic hydroxyl groups is 1. The van der Waals surface area contributed by atoms with E-state index in [1.54, 1.807) is 12.1 Å². The molecule has 1 N–H and O–H groups in total. The van der Waals surface area contributed by atoms with E-state index in [2.05, 4.69) is 0 Å². The van der Waals surface area contributed by atoms with E-state index in [-0.39, 0.29) is 0 Å². The van der Waals surface area contributed by atoms with Crippen LogP contribution in [0.1, 0.15) is 13.3 Å². The smallest absolute Gasteiger partial charge is 0.192 e. The van der Waals surface area contributed by atoms with Gasteiger partial charge >= 0.3 is 0 Å². The fraction of sp³-hybridized carbons (Fsp3) is 0.455. The molecule has 3 nitrogen and oxygen atoms in total. The highest BCUT2D eigenvalue weighted by Gasteiger charge is 1.95. The molecular formula is C11H18O3Si. The van der Waals surface area contributed by atoms with Crippen molar-refractivity contribution in [2.45, 2.75) is 13.3 Å². The van der Waals surface area contributed by atoms with E-state index in [9.17, 15) is 0 Å². The molecule has 0 spiro atoms. The van der Waals surface area contributed by atoms with Crippen molar-refractivity contribution in [2.24, 2.45) is 0 Å². The van der Waals surface area contributed by atoms with Gasteiger partial charge in [0, 0.05) is 19.8 Å². The predicted octanol–water partition coefficient (Wildman–Crippen LogP) is 0.544. The Hall–Kier alpha value is -0.843. The van der Waals surface area contributed by atoms with Gasteiger partial charge in [0.05, 0.1) is 0 Å². The Morgan fingerprint density at radius 3 is 2.60 bits per heavy atom. The highest BCUT2D eigenvalue weighted by molar-refractivity contribution is 6.46. The minimum Gasteiger partial charge on any atom is -0.508 e. The fourth-order valence-corrected chi connectivity index (χ4v) is 2.20. The summed E-state index contributed by atoms with van der Waals surface area (Å²) in [6.07, 6.45) is 0.957. The number of phenols is 1. The van der Waals surface area contributed by atoms with Gasteiger partial charge in [0.1, 0.15) is 5.75 Å². The zero-order valence-corrected chi connectivity index (χ0v) is 10.5. The fourth-order valence-electron chi connectivity index (χ4n) is 1.19. The standard InChI is InChI=1S/C11H18O3Si/c1-2-13-8-3-9-14-15-11-6-4-10(12)5-7-11/h4-7,12H,2-3,8-9,15H2,1H3. The van der Waals surface area contributed by atoms with Crippen LogP contribution in [0.2, 0.25) is 0 Å². The Morgan fingerprint density at radius 1 is 1.20 bits per heavy atom. The second-order valence-electron chi connectivity index (χ2n) is 3.27. The largest absolute Gasteiger partial charge is 0.508 e. The van der Waals surface area contributed by atoms with Crippen LogP contribution in [0.15, 0.2) is 24.3 Å². The topological polar surface area (TPSA) is 38.7 Å². The second-order valence-corrected chi connectivity index (χ2v) is 4.78. The van der Waals surface area contributed by atoms with Crippen LogP contribution in [0.3, 0.4) is 0 Å². The van der Waals surface area contributed by atoms with Gasteiger partial charge in [0.2, 0.25) is 0 Å². The third-order valence-electron chi connectivity index (χ3n) is 1.99. The van der Waals surface area contributed by atoms with Crippen LogP contribution in [-0.2, 0) is 9.16 Å². The maximum Gasteiger partial charge on any atom is 0.192 e. The third kappa shape index (κ3) is 5.56. The van der Waals surface area contributed by atoms with Crippen molar-refractivity contribution in [2.75, 3.05) is 19.8 Å². The number of hydrogen-bond acceptors (Lipinski definition) is 3. The van der Waals surface area contributed by atoms with Gasteiger partial charge in [-0.25, -0.2) is 0 Å². The lowest BCUT2D eigenvalue weighted by Gasteiger charge is -2.04. The predicted molar refractivity (Wildman–Crippen MR) is 63.3 cm³/mol. The zero-order chi connectivity index (χ0) is 10.9. The molecule has 0 heterocycles. The first kappa shape index (κ1) is 12.2. The summed E-state index contributed by atoms with van der Waals surface area (Å²) in [6.45, 7) is 4.31. The molecule has 1 aromatic carbocycles. The lowest BCUT2D eigenvalue weighted by Crippen LogP contribution is -2.17. The lowest BCUT2D eigenvalue weighted by molar-refractivity contribution is 0.132. The Labute approximate surface area is 93.0 Å². The van der Waals surface area contributed by atoms with Crippen molar-refractivity contribution in [1.29, 1.82) is 0 Å². The SMILES string of the molecule is CCOCCCO[SiH2]c1ccc(O)cc1. The molecule has 0 aromatic heterocycles. The molecule has 4 heteroatoms. The summed E-state index contributed by atoms with van der Waals surface area (Å²) in [4.78, 5) is 0. The van der Waals surface area contributed by atoms with Crippen LogP contribution in [0.25, 0.3) is 0 Å². The van der Waals surface area contributed by atoms with E-state index in [0.717, 1.165) is 26.2 Å². The van der Waals surface area contributed by atoms with Crippen molar-refractivity contribution in [3.05, 3.63) is 24.3 Å². The molecule has 0 unspecified atom stereocenters. The van der Waals surface area contributed by atoms with Gasteiger partial charge in [0.15, 0.2) is 9.76 Å². The Balaban J connectivity index is 2.07. The quantitative estimate of drug-likeness (QED) is 0.545. The summed E-state index contributed by atoms with van der Waals surface area (Å²) in [5.41, 5.74) is 0. The highest BCUT2D eigenvalue weighted by Crippen LogP contribution is 2.02. The minimum absolute atomic E-state index is 0.309. The van der Waals surface area contributed by atoms with Crippen LogP contribution < -0.4 is 5.19 Å². The maximum absolute atomic E-state index is 9.08. The Kier molecular flexibility index (Phi) is 6.07. The van der Waals surface area contributed by atoms with Crippen LogP contribution in [-0.4, -0.2) is 34.7 Å². The van der Waals surface area contributed by atoms with E-state index in [0.29, 0.717) is 5.75 Å². The van der Waals surface area contributed by atoms with Gasteiger partial charge < -0.3 is 14.3 Å². The van der Waals surface area contributed by atoms with Crippen LogP contribution >= 0.6 is 0 Å². The summed E-state index contributed by atoms with van der Waals surface area (Å²) < 4.78 is 10.8. The number of benzene rings is 1. The molecule has 0 aliphatic rings. The highest BCUT2D eigenvalue weighted by atomic mass is 28.2. The number of hydrogen-bond donors (Lipinski definition) is 1. The molecule has 0 saturated heterocycles. The molecule has 0 radical (unpaired) electrons. The third-order valence-corrected chi connectivity index (χ3v) is 3.28. The van der Waals surface area contributed by atoms with Gasteiger partial charge in [0.25, 0.3) is 0 Å². The molecule has 0 saturated carbocycles. The summed E-state index contributed by atoms with van der Waals surface area (Å²) in [5, 5.41) is 10.3. The lowest BCUT2D eigenvalue weighted by atomic mass is 10.3. The molecule has 1 rings (SSSR count). The van der Waals surface area contributed by atoms with Crippen LogP contribution in [0.5, 0.6) is 5.75 Å². The zero-order valence-electron chi connectivity index (χ0n) is 9.11. The van der Waals surface area contributed by atoms with E-state index in [4.69, 9.17) is 14.3 Å². The average Bonchev–Trinajstić information content (AvgIpc) is 2.26. The van der Waals surface area contributed by atoms with Crippen molar-refractivity contribution >= 4 is 14.9 Å². The monoisotopic (exact) mass is 226 g/mol. The Morgan fingerprint density at radius 2 is 1.93 bits per heavy atom. The van der Waals surface area contributed by atoms with Gasteiger partial charge in [-0.1, -0.05) is 12.1 Å². The van der Waals surface area contributed by atoms with Crippen molar-refractivity contribution in [3.63, 3.8) is 0 Å². The molecule has 0 aliphatic heterocycles. The number of ether oxygens (including phenoxy) is 1. The van der Waals surface area contributed by atoms with E-state index in [1.807, 2.05) is 19.1 Å². The summed E-state index contributed by atoms with van der Waals surface area (Å²) in [5.74, 6) is 0.309. The van der Waals surface area contributed by atoms with Gasteiger partial charge in [-0.2, -0.15) is 0 Å². The summed E-state index contributed by atoms with van der Waals surface area (Å²) in [6, 6.07) is 7.24. The molecule has 0 atom stereocenters. The van der Waals surface area contributed by atoms with Crippen LogP contribution in [0, 0.1) is 0 Å². The first-order chi connectivity index (χ1) is 7.33. The summed E-state index contributed by atoms with van der Waals surface area (Å²) >= 11 is 0. The van der Waals surface area contributed by atoms with Gasteiger partial charge in [-0.15, -0.1) is 0 Å². The van der Waals surface area contributed by atoms with E-state index < -0.39 is 9.76 Å². The Bertz CT molecular complexity index is 261. The molecule has 0 fully saturated rings. The van der Waals surface area contributed by atoms with Gasteiger partial charge in [-0.05, 0) is 30.7 Å². The molecule has 0 bridgehead atoms. The molecule has 1 aromatic rings. The maximum atomic E-state index is 9.08. The summed E-state index contributed by atoms with van der Waals surface area (Å²) in [7, 11) is -0.628. The normalized spacial score (nSPS) is 11.3. The molecule has 0 aliphatic carbocycles. The second kappa shape index (κ2) is 7.45. The van der Waals surface area contributed by atoms with E-state index >= 15 is 0 Å².